The van der Waals surface area contributed by atoms with Crippen molar-refractivity contribution in [2.75, 3.05) is 0 Å². The van der Waals surface area contributed by atoms with E-state index >= 15 is 0 Å². The quantitative estimate of drug-likeness (QED) is 0.802. The highest BCUT2D eigenvalue weighted by Gasteiger charge is 2.35. The highest BCUT2D eigenvalue weighted by Crippen LogP contribution is 2.35. The molecule has 2 rings (SSSR count). The van der Waals surface area contributed by atoms with Gasteiger partial charge in [-0.2, -0.15) is 13.2 Å². The molecule has 0 saturated carbocycles. The van der Waals surface area contributed by atoms with Gasteiger partial charge in [0.2, 0.25) is 0 Å². The summed E-state index contributed by atoms with van der Waals surface area (Å²) in [5, 5.41) is 0. The van der Waals surface area contributed by atoms with Crippen LogP contribution in [0.3, 0.4) is 0 Å². The van der Waals surface area contributed by atoms with Crippen LogP contribution in [0.25, 0.3) is 0 Å². The van der Waals surface area contributed by atoms with Crippen LogP contribution in [0.1, 0.15) is 22.9 Å². The minimum atomic E-state index is -4.49. The number of hydrogen-bond donors (Lipinski definition) is 0. The maximum absolute atomic E-state index is 12.9. The topological polar surface area (TPSA) is 34.9 Å². The molecule has 0 amide bonds. The Hall–Kier alpha value is -2.11. The summed E-state index contributed by atoms with van der Waals surface area (Å²) in [5.41, 5.74) is -0.253. The van der Waals surface area contributed by atoms with Crippen LogP contribution in [0, 0.1) is 6.92 Å². The van der Waals surface area contributed by atoms with E-state index in [1.54, 1.807) is 6.92 Å². The van der Waals surface area contributed by atoms with Crippen LogP contribution >= 0.6 is 0 Å². The van der Waals surface area contributed by atoms with E-state index in [-0.39, 0.29) is 5.56 Å². The smallest absolute Gasteiger partial charge is 0.323 e. The van der Waals surface area contributed by atoms with Gasteiger partial charge in [-0.05, 0) is 18.6 Å². The van der Waals surface area contributed by atoms with Gasteiger partial charge in [-0.15, -0.1) is 0 Å². The van der Waals surface area contributed by atoms with Crippen molar-refractivity contribution in [1.29, 1.82) is 0 Å². The lowest BCUT2D eigenvalue weighted by molar-refractivity contribution is -0.138. The van der Waals surface area contributed by atoms with Gasteiger partial charge in [0.05, 0.1) is 17.6 Å². The van der Waals surface area contributed by atoms with Gasteiger partial charge in [-0.1, -0.05) is 18.2 Å². The molecule has 1 atom stereocenters. The summed E-state index contributed by atoms with van der Waals surface area (Å²) in [6.07, 6.45) is -1.13. The summed E-state index contributed by atoms with van der Waals surface area (Å²) in [4.78, 5) is 15.1. The third-order valence-corrected chi connectivity index (χ3v) is 2.77. The van der Waals surface area contributed by atoms with E-state index in [1.807, 2.05) is 0 Å². The summed E-state index contributed by atoms with van der Waals surface area (Å²) in [5.74, 6) is 0. The lowest BCUT2D eigenvalue weighted by Crippen LogP contribution is -2.17. The van der Waals surface area contributed by atoms with Crippen LogP contribution in [0.5, 0.6) is 0 Å². The van der Waals surface area contributed by atoms with Gasteiger partial charge in [-0.25, -0.2) is 4.98 Å². The Morgan fingerprint density at radius 1 is 1.32 bits per heavy atom. The molecule has 100 valence electrons. The third kappa shape index (κ3) is 2.67. The lowest BCUT2D eigenvalue weighted by Gasteiger charge is -2.18. The molecule has 0 N–H and O–H groups in total. The first-order valence-electron chi connectivity index (χ1n) is 5.55. The second kappa shape index (κ2) is 4.87. The van der Waals surface area contributed by atoms with Crippen molar-refractivity contribution in [2.24, 2.45) is 0 Å². The van der Waals surface area contributed by atoms with Crippen molar-refractivity contribution in [2.45, 2.75) is 19.1 Å². The molecule has 0 aliphatic rings. The summed E-state index contributed by atoms with van der Waals surface area (Å²) in [7, 11) is 0. The van der Waals surface area contributed by atoms with Gasteiger partial charge >= 0.3 is 6.18 Å². The molecule has 0 saturated heterocycles. The third-order valence-electron chi connectivity index (χ3n) is 2.77. The number of aryl methyl sites for hydroxylation is 1. The van der Waals surface area contributed by atoms with E-state index in [0.29, 0.717) is 12.0 Å². The van der Waals surface area contributed by atoms with Gasteiger partial charge in [0.25, 0.3) is 0 Å². The second-order valence-corrected chi connectivity index (χ2v) is 4.13. The van der Waals surface area contributed by atoms with Crippen LogP contribution < -0.4 is 0 Å². The summed E-state index contributed by atoms with van der Waals surface area (Å²) < 4.78 is 40.1. The maximum Gasteiger partial charge on any atom is 0.416 e. The van der Waals surface area contributed by atoms with E-state index in [4.69, 9.17) is 0 Å². The number of carbonyl (C=O) groups excluding carboxylic acids is 1. The normalized spacial score (nSPS) is 13.3. The molecule has 0 aliphatic carbocycles. The summed E-state index contributed by atoms with van der Waals surface area (Å²) >= 11 is 0. The average molecular weight is 268 g/mol. The second-order valence-electron chi connectivity index (χ2n) is 4.13. The van der Waals surface area contributed by atoms with Crippen molar-refractivity contribution in [3.05, 3.63) is 53.6 Å². The number of imidazole rings is 1. The van der Waals surface area contributed by atoms with Crippen molar-refractivity contribution < 1.29 is 18.0 Å². The van der Waals surface area contributed by atoms with Gasteiger partial charge in [0.1, 0.15) is 12.3 Å². The summed E-state index contributed by atoms with van der Waals surface area (Å²) in [6, 6.07) is 4.02. The SMILES string of the molecule is Cc1cn(C(C=O)c2ccccc2C(F)(F)F)cn1. The Kier molecular flexibility index (Phi) is 3.42. The van der Waals surface area contributed by atoms with Crippen molar-refractivity contribution in [1.82, 2.24) is 9.55 Å². The molecule has 1 unspecified atom stereocenters. The molecule has 0 aliphatic heterocycles. The Balaban J connectivity index is 2.53. The Labute approximate surface area is 107 Å². The Morgan fingerprint density at radius 2 is 2.00 bits per heavy atom. The molecule has 0 fully saturated rings. The molecular formula is C13H11F3N2O. The molecule has 0 radical (unpaired) electrons. The molecule has 1 heterocycles. The molecule has 1 aromatic heterocycles. The van der Waals surface area contributed by atoms with Gasteiger partial charge < -0.3 is 9.36 Å². The number of aldehydes is 1. The number of halogens is 3. The van der Waals surface area contributed by atoms with Crippen LogP contribution in [0.15, 0.2) is 36.8 Å². The minimum absolute atomic E-state index is 0.0811. The molecule has 19 heavy (non-hydrogen) atoms. The largest absolute Gasteiger partial charge is 0.416 e. The standard InChI is InChI=1S/C13H11F3N2O/c1-9-6-18(8-17-9)12(7-19)10-4-2-3-5-11(10)13(14,15)16/h2-8,12H,1H3. The number of benzene rings is 1. The van der Waals surface area contributed by atoms with E-state index in [0.717, 1.165) is 6.07 Å². The fourth-order valence-electron chi connectivity index (χ4n) is 1.91. The number of alkyl halides is 3. The zero-order valence-corrected chi connectivity index (χ0v) is 10.1. The first-order valence-corrected chi connectivity index (χ1v) is 5.55. The number of rotatable bonds is 3. The molecule has 3 nitrogen and oxygen atoms in total. The van der Waals surface area contributed by atoms with Crippen molar-refractivity contribution >= 4 is 6.29 Å². The number of carbonyl (C=O) groups is 1. The Bertz CT molecular complexity index is 590. The van der Waals surface area contributed by atoms with Crippen LogP contribution in [-0.4, -0.2) is 15.8 Å². The fraction of sp³-hybridized carbons (Fsp3) is 0.231. The molecule has 1 aromatic carbocycles. The average Bonchev–Trinajstić information content (AvgIpc) is 2.76. The zero-order chi connectivity index (χ0) is 14.0. The molecule has 0 bridgehead atoms. The molecule has 6 heteroatoms. The number of aromatic nitrogens is 2. The van der Waals surface area contributed by atoms with Crippen LogP contribution in [-0.2, 0) is 11.0 Å². The van der Waals surface area contributed by atoms with Gasteiger partial charge in [0, 0.05) is 6.20 Å². The highest BCUT2D eigenvalue weighted by molar-refractivity contribution is 5.63. The predicted molar refractivity (Wildman–Crippen MR) is 62.6 cm³/mol. The van der Waals surface area contributed by atoms with E-state index < -0.39 is 17.8 Å². The monoisotopic (exact) mass is 268 g/mol. The van der Waals surface area contributed by atoms with Crippen LogP contribution in [0.2, 0.25) is 0 Å². The van der Waals surface area contributed by atoms with Gasteiger partial charge in [0.15, 0.2) is 0 Å². The van der Waals surface area contributed by atoms with E-state index in [1.165, 1.54) is 35.3 Å². The Morgan fingerprint density at radius 3 is 2.53 bits per heavy atom. The number of nitrogens with zero attached hydrogens (tertiary/aromatic N) is 2. The van der Waals surface area contributed by atoms with E-state index in [9.17, 15) is 18.0 Å². The first-order chi connectivity index (χ1) is 8.93. The van der Waals surface area contributed by atoms with Crippen molar-refractivity contribution in [3.8, 4) is 0 Å². The predicted octanol–water partition coefficient (Wildman–Crippen LogP) is 3.00. The molecule has 0 spiro atoms. The highest BCUT2D eigenvalue weighted by atomic mass is 19.4. The lowest BCUT2D eigenvalue weighted by atomic mass is 10.0. The van der Waals surface area contributed by atoms with E-state index in [2.05, 4.69) is 4.98 Å². The first kappa shape index (κ1) is 13.3. The minimum Gasteiger partial charge on any atom is -0.323 e. The number of hydrogen-bond acceptors (Lipinski definition) is 2. The van der Waals surface area contributed by atoms with Crippen molar-refractivity contribution in [3.63, 3.8) is 0 Å². The fourth-order valence-corrected chi connectivity index (χ4v) is 1.91. The molecule has 2 aromatic rings. The summed E-state index contributed by atoms with van der Waals surface area (Å²) in [6.45, 7) is 1.70. The van der Waals surface area contributed by atoms with Gasteiger partial charge in [-0.3, -0.25) is 0 Å². The molecular weight excluding hydrogens is 257 g/mol. The maximum atomic E-state index is 12.9. The van der Waals surface area contributed by atoms with Crippen LogP contribution in [0.4, 0.5) is 13.2 Å². The zero-order valence-electron chi connectivity index (χ0n) is 10.1.